The number of likely N-dealkylation sites (N-methyl/N-ethyl adjacent to an activating group) is 1. The summed E-state index contributed by atoms with van der Waals surface area (Å²) in [5, 5.41) is 5.26. The zero-order valence-electron chi connectivity index (χ0n) is 9.45. The van der Waals surface area contributed by atoms with Gasteiger partial charge in [0.1, 0.15) is 0 Å². The van der Waals surface area contributed by atoms with E-state index in [4.69, 9.17) is 4.52 Å². The summed E-state index contributed by atoms with van der Waals surface area (Å²) in [4.78, 5) is 2.15. The average molecular weight is 204 g/mol. The maximum absolute atomic E-state index is 5.27. The summed E-state index contributed by atoms with van der Waals surface area (Å²) in [6, 6.07) is 6.16. The summed E-state index contributed by atoms with van der Waals surface area (Å²) in [6.45, 7) is 3.08. The Labute approximate surface area is 89.7 Å². The molecule has 2 aromatic rings. The highest BCUT2D eigenvalue weighted by Crippen LogP contribution is 2.20. The van der Waals surface area contributed by atoms with E-state index < -0.39 is 0 Å². The van der Waals surface area contributed by atoms with E-state index in [1.165, 1.54) is 5.56 Å². The molecule has 0 aliphatic heterocycles. The van der Waals surface area contributed by atoms with Gasteiger partial charge in [-0.3, -0.25) is 0 Å². The van der Waals surface area contributed by atoms with E-state index in [1.54, 1.807) is 0 Å². The van der Waals surface area contributed by atoms with Crippen molar-refractivity contribution in [3.05, 3.63) is 29.5 Å². The highest BCUT2D eigenvalue weighted by Gasteiger charge is 2.07. The molecule has 0 saturated carbocycles. The summed E-state index contributed by atoms with van der Waals surface area (Å²) >= 11 is 0. The van der Waals surface area contributed by atoms with Gasteiger partial charge >= 0.3 is 0 Å². The Morgan fingerprint density at radius 1 is 1.33 bits per heavy atom. The molecule has 0 unspecified atom stereocenters. The first-order valence-corrected chi connectivity index (χ1v) is 5.16. The zero-order valence-corrected chi connectivity index (χ0v) is 9.45. The lowest BCUT2D eigenvalue weighted by atomic mass is 10.1. The van der Waals surface area contributed by atoms with E-state index in [0.717, 1.165) is 29.6 Å². The molecule has 1 heterocycles. The molecule has 1 aromatic carbocycles. The molecule has 3 nitrogen and oxygen atoms in total. The Morgan fingerprint density at radius 2 is 2.13 bits per heavy atom. The Balaban J connectivity index is 2.31. The quantitative estimate of drug-likeness (QED) is 0.767. The Hall–Kier alpha value is -1.35. The molecule has 1 aromatic heterocycles. The van der Waals surface area contributed by atoms with Crippen molar-refractivity contribution in [3.8, 4) is 0 Å². The van der Waals surface area contributed by atoms with Crippen LogP contribution in [-0.4, -0.2) is 30.7 Å². The molecule has 15 heavy (non-hydrogen) atoms. The lowest BCUT2D eigenvalue weighted by Gasteiger charge is -2.06. The number of hydrogen-bond acceptors (Lipinski definition) is 3. The summed E-state index contributed by atoms with van der Waals surface area (Å²) < 4.78 is 5.27. The number of nitrogens with zero attached hydrogens (tertiary/aromatic N) is 2. The smallest absolute Gasteiger partial charge is 0.167 e. The van der Waals surface area contributed by atoms with Crippen molar-refractivity contribution in [2.45, 2.75) is 13.3 Å². The van der Waals surface area contributed by atoms with Gasteiger partial charge in [0.25, 0.3) is 0 Å². The molecule has 0 aliphatic carbocycles. The highest BCUT2D eigenvalue weighted by atomic mass is 16.5. The van der Waals surface area contributed by atoms with Gasteiger partial charge in [0.15, 0.2) is 5.58 Å². The average Bonchev–Trinajstić information content (AvgIpc) is 2.57. The van der Waals surface area contributed by atoms with Gasteiger partial charge in [-0.2, -0.15) is 0 Å². The second-order valence-corrected chi connectivity index (χ2v) is 4.18. The van der Waals surface area contributed by atoms with Crippen LogP contribution in [0, 0.1) is 6.92 Å². The van der Waals surface area contributed by atoms with Crippen molar-refractivity contribution >= 4 is 11.0 Å². The summed E-state index contributed by atoms with van der Waals surface area (Å²) in [5.41, 5.74) is 3.19. The van der Waals surface area contributed by atoms with Crippen LogP contribution in [0.15, 0.2) is 22.7 Å². The maximum atomic E-state index is 5.27. The van der Waals surface area contributed by atoms with Gasteiger partial charge < -0.3 is 9.42 Å². The third kappa shape index (κ3) is 2.18. The molecule has 0 N–H and O–H groups in total. The molecule has 0 radical (unpaired) electrons. The minimum Gasteiger partial charge on any atom is -0.356 e. The van der Waals surface area contributed by atoms with Crippen molar-refractivity contribution in [2.24, 2.45) is 0 Å². The molecule has 0 saturated heterocycles. The van der Waals surface area contributed by atoms with Crippen molar-refractivity contribution < 1.29 is 4.52 Å². The van der Waals surface area contributed by atoms with E-state index in [0.29, 0.717) is 0 Å². The third-order valence-corrected chi connectivity index (χ3v) is 2.50. The summed E-state index contributed by atoms with van der Waals surface area (Å²) in [6.07, 6.45) is 0.934. The molecule has 0 atom stereocenters. The molecule has 0 aliphatic rings. The van der Waals surface area contributed by atoms with Gasteiger partial charge in [-0.15, -0.1) is 0 Å². The molecular formula is C12H16N2O. The van der Waals surface area contributed by atoms with Gasteiger partial charge in [-0.1, -0.05) is 16.8 Å². The van der Waals surface area contributed by atoms with Crippen molar-refractivity contribution in [2.75, 3.05) is 20.6 Å². The topological polar surface area (TPSA) is 29.3 Å². The fourth-order valence-corrected chi connectivity index (χ4v) is 1.61. The second kappa shape index (κ2) is 4.03. The second-order valence-electron chi connectivity index (χ2n) is 4.18. The van der Waals surface area contributed by atoms with E-state index in [-0.39, 0.29) is 0 Å². The molecule has 0 amide bonds. The molecule has 2 rings (SSSR count). The molecule has 3 heteroatoms. The number of fused-ring (bicyclic) bond motifs is 1. The van der Waals surface area contributed by atoms with Crippen molar-refractivity contribution in [3.63, 3.8) is 0 Å². The fraction of sp³-hybridized carbons (Fsp3) is 0.417. The van der Waals surface area contributed by atoms with Gasteiger partial charge in [-0.25, -0.2) is 0 Å². The van der Waals surface area contributed by atoms with Crippen molar-refractivity contribution in [1.82, 2.24) is 10.1 Å². The SMILES string of the molecule is Cc1ccc2onc(CCN(C)C)c2c1. The van der Waals surface area contributed by atoms with Crippen LogP contribution in [0.5, 0.6) is 0 Å². The highest BCUT2D eigenvalue weighted by molar-refractivity contribution is 5.80. The molecule has 0 spiro atoms. The van der Waals surface area contributed by atoms with Crippen LogP contribution in [0.25, 0.3) is 11.0 Å². The Kier molecular flexibility index (Phi) is 2.73. The van der Waals surface area contributed by atoms with Crippen LogP contribution in [0.3, 0.4) is 0 Å². The lowest BCUT2D eigenvalue weighted by molar-refractivity contribution is 0.398. The Bertz CT molecular complexity index is 460. The number of aromatic nitrogens is 1. The molecule has 0 fully saturated rings. The predicted molar refractivity (Wildman–Crippen MR) is 61.0 cm³/mol. The number of aryl methyl sites for hydroxylation is 1. The van der Waals surface area contributed by atoms with E-state index >= 15 is 0 Å². The van der Waals surface area contributed by atoms with Crippen molar-refractivity contribution in [1.29, 1.82) is 0 Å². The zero-order chi connectivity index (χ0) is 10.8. The Morgan fingerprint density at radius 3 is 2.87 bits per heavy atom. The number of benzene rings is 1. The summed E-state index contributed by atoms with van der Waals surface area (Å²) in [5.74, 6) is 0. The molecule has 0 bridgehead atoms. The fourth-order valence-electron chi connectivity index (χ4n) is 1.61. The van der Waals surface area contributed by atoms with Crippen LogP contribution in [0.4, 0.5) is 0 Å². The minimum atomic E-state index is 0.884. The van der Waals surface area contributed by atoms with Crippen LogP contribution < -0.4 is 0 Å². The largest absolute Gasteiger partial charge is 0.356 e. The standard InChI is InChI=1S/C12H16N2O/c1-9-4-5-12-10(8-9)11(13-15-12)6-7-14(2)3/h4-5,8H,6-7H2,1-3H3. The maximum Gasteiger partial charge on any atom is 0.167 e. The van der Waals surface area contributed by atoms with E-state index in [9.17, 15) is 0 Å². The molecular weight excluding hydrogens is 188 g/mol. The third-order valence-electron chi connectivity index (χ3n) is 2.50. The number of hydrogen-bond donors (Lipinski definition) is 0. The first-order valence-electron chi connectivity index (χ1n) is 5.16. The number of rotatable bonds is 3. The van der Waals surface area contributed by atoms with E-state index in [1.807, 2.05) is 12.1 Å². The van der Waals surface area contributed by atoms with Gasteiger partial charge in [0.05, 0.1) is 5.69 Å². The van der Waals surface area contributed by atoms with Crippen LogP contribution >= 0.6 is 0 Å². The van der Waals surface area contributed by atoms with Crippen LogP contribution in [0.1, 0.15) is 11.3 Å². The lowest BCUT2D eigenvalue weighted by Crippen LogP contribution is -2.15. The predicted octanol–water partition coefficient (Wildman–Crippen LogP) is 2.24. The van der Waals surface area contributed by atoms with Crippen LogP contribution in [-0.2, 0) is 6.42 Å². The van der Waals surface area contributed by atoms with Gasteiger partial charge in [0.2, 0.25) is 0 Å². The monoisotopic (exact) mass is 204 g/mol. The first-order chi connectivity index (χ1) is 7.16. The molecule has 80 valence electrons. The minimum absolute atomic E-state index is 0.884. The van der Waals surface area contributed by atoms with E-state index in [2.05, 4.69) is 37.1 Å². The van der Waals surface area contributed by atoms with Gasteiger partial charge in [0, 0.05) is 18.4 Å². The first kappa shape index (κ1) is 10.2. The normalized spacial score (nSPS) is 11.5. The summed E-state index contributed by atoms with van der Waals surface area (Å²) in [7, 11) is 4.13. The van der Waals surface area contributed by atoms with Crippen LogP contribution in [0.2, 0.25) is 0 Å². The van der Waals surface area contributed by atoms with Gasteiger partial charge in [-0.05, 0) is 33.2 Å².